The van der Waals surface area contributed by atoms with Crippen LogP contribution in [0.1, 0.15) is 61.8 Å². The maximum absolute atomic E-state index is 3.69. The molecule has 0 radical (unpaired) electrons. The Kier molecular flexibility index (Phi) is 3.59. The van der Waals surface area contributed by atoms with E-state index in [4.69, 9.17) is 0 Å². The maximum atomic E-state index is 3.69. The Hall–Kier alpha value is -0.0400. The largest absolute Gasteiger partial charge is 0.307 e. The molecular weight excluding hydrogens is 158 g/mol. The van der Waals surface area contributed by atoms with Crippen LogP contribution >= 0.6 is 0 Å². The molecule has 0 aromatic heterocycles. The summed E-state index contributed by atoms with van der Waals surface area (Å²) in [5.74, 6) is 0. The fourth-order valence-corrected chi connectivity index (χ4v) is 1.55. The average molecular weight is 185 g/mol. The van der Waals surface area contributed by atoms with Crippen molar-refractivity contribution in [1.29, 1.82) is 0 Å². The van der Waals surface area contributed by atoms with Crippen molar-refractivity contribution in [2.24, 2.45) is 5.41 Å². The van der Waals surface area contributed by atoms with E-state index in [2.05, 4.69) is 60.7 Å². The Labute approximate surface area is 84.3 Å². The van der Waals surface area contributed by atoms with E-state index in [0.717, 1.165) is 0 Å². The molecule has 1 nitrogen and oxygen atoms in total. The first-order valence-electron chi connectivity index (χ1n) is 5.31. The van der Waals surface area contributed by atoms with Crippen LogP contribution < -0.4 is 5.32 Å². The lowest BCUT2D eigenvalue weighted by atomic mass is 9.71. The molecule has 0 atom stereocenters. The molecule has 80 valence electrons. The van der Waals surface area contributed by atoms with Crippen LogP contribution in [0.25, 0.3) is 0 Å². The fourth-order valence-electron chi connectivity index (χ4n) is 1.55. The topological polar surface area (TPSA) is 12.0 Å². The smallest absolute Gasteiger partial charge is 0.0180 e. The third-order valence-corrected chi connectivity index (χ3v) is 3.26. The summed E-state index contributed by atoms with van der Waals surface area (Å²) in [6, 6.07) is 0. The van der Waals surface area contributed by atoms with Gasteiger partial charge < -0.3 is 5.32 Å². The van der Waals surface area contributed by atoms with Crippen molar-refractivity contribution in [3.05, 3.63) is 0 Å². The quantitative estimate of drug-likeness (QED) is 0.708. The molecule has 0 rings (SSSR count). The van der Waals surface area contributed by atoms with Gasteiger partial charge in [-0.25, -0.2) is 0 Å². The van der Waals surface area contributed by atoms with Crippen molar-refractivity contribution in [2.45, 2.75) is 72.9 Å². The van der Waals surface area contributed by atoms with Gasteiger partial charge in [0, 0.05) is 11.1 Å². The first-order chi connectivity index (χ1) is 5.52. The van der Waals surface area contributed by atoms with Crippen LogP contribution in [-0.4, -0.2) is 11.1 Å². The highest BCUT2D eigenvalue weighted by Gasteiger charge is 2.37. The first kappa shape index (κ1) is 13.0. The molecule has 0 aliphatic heterocycles. The van der Waals surface area contributed by atoms with Gasteiger partial charge in [0.1, 0.15) is 0 Å². The number of hydrogen-bond donors (Lipinski definition) is 1. The predicted octanol–water partition coefficient (Wildman–Crippen LogP) is 3.59. The standard InChI is InChI=1S/C12H27N/c1-9-11(5,6)12(7,8)13-10(2,3)4/h13H,9H2,1-8H3. The van der Waals surface area contributed by atoms with Crippen molar-refractivity contribution < 1.29 is 0 Å². The highest BCUT2D eigenvalue weighted by Crippen LogP contribution is 2.34. The minimum absolute atomic E-state index is 0.181. The Morgan fingerprint density at radius 3 is 1.46 bits per heavy atom. The summed E-state index contributed by atoms with van der Waals surface area (Å²) >= 11 is 0. The minimum Gasteiger partial charge on any atom is -0.307 e. The molecule has 0 saturated heterocycles. The van der Waals surface area contributed by atoms with Gasteiger partial charge in [-0.15, -0.1) is 0 Å². The second kappa shape index (κ2) is 3.61. The van der Waals surface area contributed by atoms with Crippen molar-refractivity contribution in [3.8, 4) is 0 Å². The summed E-state index contributed by atoms with van der Waals surface area (Å²) in [7, 11) is 0. The van der Waals surface area contributed by atoms with Gasteiger partial charge in [-0.2, -0.15) is 0 Å². The van der Waals surface area contributed by atoms with E-state index >= 15 is 0 Å². The Bertz CT molecular complexity index is 160. The third-order valence-electron chi connectivity index (χ3n) is 3.26. The summed E-state index contributed by atoms with van der Waals surface area (Å²) in [6.07, 6.45) is 1.20. The highest BCUT2D eigenvalue weighted by molar-refractivity contribution is 4.95. The van der Waals surface area contributed by atoms with E-state index in [0.29, 0.717) is 5.41 Å². The lowest BCUT2D eigenvalue weighted by molar-refractivity contribution is 0.115. The van der Waals surface area contributed by atoms with Crippen LogP contribution in [0.2, 0.25) is 0 Å². The molecule has 13 heavy (non-hydrogen) atoms. The van der Waals surface area contributed by atoms with E-state index in [9.17, 15) is 0 Å². The van der Waals surface area contributed by atoms with Crippen LogP contribution in [0.4, 0.5) is 0 Å². The molecule has 0 spiro atoms. The molecule has 0 amide bonds. The minimum atomic E-state index is 0.181. The summed E-state index contributed by atoms with van der Waals surface area (Å²) in [5.41, 5.74) is 0.705. The molecule has 0 bridgehead atoms. The van der Waals surface area contributed by atoms with Crippen LogP contribution in [0.15, 0.2) is 0 Å². The van der Waals surface area contributed by atoms with Gasteiger partial charge in [0.05, 0.1) is 0 Å². The van der Waals surface area contributed by atoms with Crippen molar-refractivity contribution in [3.63, 3.8) is 0 Å². The Morgan fingerprint density at radius 1 is 0.846 bits per heavy atom. The van der Waals surface area contributed by atoms with E-state index in [1.54, 1.807) is 0 Å². The van der Waals surface area contributed by atoms with Crippen molar-refractivity contribution in [1.82, 2.24) is 5.32 Å². The zero-order valence-corrected chi connectivity index (χ0v) is 10.7. The summed E-state index contributed by atoms with van der Waals surface area (Å²) in [4.78, 5) is 0. The molecule has 0 aliphatic rings. The van der Waals surface area contributed by atoms with Gasteiger partial charge in [0.15, 0.2) is 0 Å². The van der Waals surface area contributed by atoms with Crippen LogP contribution in [0.5, 0.6) is 0 Å². The molecular formula is C12H27N. The van der Waals surface area contributed by atoms with E-state index in [1.165, 1.54) is 6.42 Å². The molecule has 0 saturated carbocycles. The zero-order chi connectivity index (χ0) is 10.9. The second-order valence-corrected chi connectivity index (χ2v) is 6.24. The molecule has 1 heteroatoms. The zero-order valence-electron chi connectivity index (χ0n) is 10.7. The lowest BCUT2D eigenvalue weighted by Crippen LogP contribution is -2.57. The van der Waals surface area contributed by atoms with E-state index in [-0.39, 0.29) is 11.1 Å². The number of rotatable bonds is 3. The van der Waals surface area contributed by atoms with Crippen LogP contribution in [0.3, 0.4) is 0 Å². The van der Waals surface area contributed by atoms with Crippen molar-refractivity contribution in [2.75, 3.05) is 0 Å². The first-order valence-corrected chi connectivity index (χ1v) is 5.31. The van der Waals surface area contributed by atoms with Gasteiger partial charge in [-0.3, -0.25) is 0 Å². The predicted molar refractivity (Wildman–Crippen MR) is 61.0 cm³/mol. The summed E-state index contributed by atoms with van der Waals surface area (Å²) in [6.45, 7) is 18.2. The van der Waals surface area contributed by atoms with Gasteiger partial charge in [-0.05, 0) is 46.5 Å². The summed E-state index contributed by atoms with van der Waals surface area (Å²) < 4.78 is 0. The molecule has 0 aliphatic carbocycles. The van der Waals surface area contributed by atoms with Gasteiger partial charge in [0.2, 0.25) is 0 Å². The second-order valence-electron chi connectivity index (χ2n) is 6.24. The molecule has 1 N–H and O–H groups in total. The maximum Gasteiger partial charge on any atom is 0.0180 e. The molecule has 0 unspecified atom stereocenters. The van der Waals surface area contributed by atoms with Gasteiger partial charge in [-0.1, -0.05) is 20.8 Å². The normalized spacial score (nSPS) is 14.8. The molecule has 0 fully saturated rings. The van der Waals surface area contributed by atoms with Crippen LogP contribution in [0, 0.1) is 5.41 Å². The van der Waals surface area contributed by atoms with Gasteiger partial charge >= 0.3 is 0 Å². The lowest BCUT2D eigenvalue weighted by Gasteiger charge is -2.46. The van der Waals surface area contributed by atoms with E-state index < -0.39 is 0 Å². The number of nitrogens with one attached hydrogen (secondary N) is 1. The van der Waals surface area contributed by atoms with Crippen LogP contribution in [-0.2, 0) is 0 Å². The highest BCUT2D eigenvalue weighted by atomic mass is 15.0. The summed E-state index contributed by atoms with van der Waals surface area (Å²) in [5, 5.41) is 3.69. The molecule has 0 aromatic rings. The SMILES string of the molecule is CCC(C)(C)C(C)(C)NC(C)(C)C. The molecule has 0 heterocycles. The van der Waals surface area contributed by atoms with E-state index in [1.807, 2.05) is 0 Å². The Balaban J connectivity index is 4.58. The van der Waals surface area contributed by atoms with Crippen molar-refractivity contribution >= 4 is 0 Å². The molecule has 0 aromatic carbocycles. The average Bonchev–Trinajstić information content (AvgIpc) is 1.81. The third kappa shape index (κ3) is 3.68. The monoisotopic (exact) mass is 185 g/mol. The Morgan fingerprint density at radius 2 is 1.23 bits per heavy atom. The fraction of sp³-hybridized carbons (Fsp3) is 1.00. The van der Waals surface area contributed by atoms with Gasteiger partial charge in [0.25, 0.3) is 0 Å². The number of hydrogen-bond acceptors (Lipinski definition) is 1.